The molecule has 2 rings (SSSR count). The van der Waals surface area contributed by atoms with Crippen molar-refractivity contribution in [2.45, 2.75) is 36.5 Å². The first kappa shape index (κ1) is 17.0. The van der Waals surface area contributed by atoms with Gasteiger partial charge in [0, 0.05) is 19.1 Å². The van der Waals surface area contributed by atoms with Crippen molar-refractivity contribution in [2.24, 2.45) is 5.92 Å². The van der Waals surface area contributed by atoms with E-state index >= 15 is 0 Å². The highest BCUT2D eigenvalue weighted by atomic mass is 35.5. The van der Waals surface area contributed by atoms with E-state index in [4.69, 9.17) is 11.6 Å². The summed E-state index contributed by atoms with van der Waals surface area (Å²) >= 11 is 5.98. The lowest BCUT2D eigenvalue weighted by Gasteiger charge is -2.17. The SMILES string of the molecule is CS(=O)(=O)c1ccc(C(C[C@@H]2CCC(=O)C2)C(=O)O)cc1Cl. The predicted octanol–water partition coefficient (Wildman–Crippen LogP) is 2.67. The minimum absolute atomic E-state index is 0.0156. The van der Waals surface area contributed by atoms with Crippen LogP contribution in [0, 0.1) is 5.92 Å². The van der Waals surface area contributed by atoms with Crippen molar-refractivity contribution in [1.82, 2.24) is 0 Å². The molecular formula is C15H17ClO5S. The minimum Gasteiger partial charge on any atom is -0.481 e. The number of rotatable bonds is 5. The van der Waals surface area contributed by atoms with Crippen LogP contribution in [0.3, 0.4) is 0 Å². The molecule has 0 amide bonds. The maximum atomic E-state index is 11.5. The van der Waals surface area contributed by atoms with Gasteiger partial charge in [0.15, 0.2) is 9.84 Å². The summed E-state index contributed by atoms with van der Waals surface area (Å²) in [6.07, 6.45) is 3.03. The third kappa shape index (κ3) is 3.87. The van der Waals surface area contributed by atoms with Gasteiger partial charge in [-0.1, -0.05) is 17.7 Å². The van der Waals surface area contributed by atoms with Crippen LogP contribution in [0.5, 0.6) is 0 Å². The van der Waals surface area contributed by atoms with Gasteiger partial charge in [-0.3, -0.25) is 9.59 Å². The van der Waals surface area contributed by atoms with Crippen LogP contribution in [0.1, 0.15) is 37.2 Å². The lowest BCUT2D eigenvalue weighted by molar-refractivity contribution is -0.139. The molecule has 1 aliphatic rings. The lowest BCUT2D eigenvalue weighted by atomic mass is 9.88. The fourth-order valence-corrected chi connectivity index (χ4v) is 4.18. The Morgan fingerprint density at radius 2 is 2.14 bits per heavy atom. The first-order chi connectivity index (χ1) is 10.2. The molecule has 1 saturated carbocycles. The van der Waals surface area contributed by atoms with E-state index in [1.807, 2.05) is 0 Å². The Hall–Kier alpha value is -1.40. The third-order valence-electron chi connectivity index (χ3n) is 3.97. The summed E-state index contributed by atoms with van der Waals surface area (Å²) in [4.78, 5) is 22.8. The van der Waals surface area contributed by atoms with E-state index in [2.05, 4.69) is 0 Å². The van der Waals surface area contributed by atoms with Crippen LogP contribution >= 0.6 is 11.6 Å². The molecule has 2 atom stereocenters. The molecule has 1 aliphatic carbocycles. The smallest absolute Gasteiger partial charge is 0.310 e. The highest BCUT2D eigenvalue weighted by molar-refractivity contribution is 7.90. The van der Waals surface area contributed by atoms with Gasteiger partial charge >= 0.3 is 5.97 Å². The summed E-state index contributed by atoms with van der Waals surface area (Å²) < 4.78 is 23.1. The first-order valence-electron chi connectivity index (χ1n) is 6.92. The molecule has 0 radical (unpaired) electrons. The van der Waals surface area contributed by atoms with Crippen molar-refractivity contribution in [3.05, 3.63) is 28.8 Å². The molecule has 0 bridgehead atoms. The van der Waals surface area contributed by atoms with Crippen molar-refractivity contribution in [3.63, 3.8) is 0 Å². The van der Waals surface area contributed by atoms with Crippen LogP contribution in [-0.4, -0.2) is 31.5 Å². The van der Waals surface area contributed by atoms with Crippen LogP contribution < -0.4 is 0 Å². The number of Topliss-reactive ketones (excluding diaryl/α,β-unsaturated/α-hetero) is 1. The number of carboxylic acid groups (broad SMARTS) is 1. The van der Waals surface area contributed by atoms with Crippen molar-refractivity contribution in [1.29, 1.82) is 0 Å². The Morgan fingerprint density at radius 3 is 2.59 bits per heavy atom. The zero-order valence-electron chi connectivity index (χ0n) is 12.1. The Morgan fingerprint density at radius 1 is 1.45 bits per heavy atom. The van der Waals surface area contributed by atoms with Crippen molar-refractivity contribution < 1.29 is 23.1 Å². The molecule has 1 aromatic rings. The second kappa shape index (κ2) is 6.38. The number of ketones is 1. The summed E-state index contributed by atoms with van der Waals surface area (Å²) in [6, 6.07) is 4.22. The molecule has 0 aromatic heterocycles. The van der Waals surface area contributed by atoms with E-state index in [9.17, 15) is 23.1 Å². The van der Waals surface area contributed by atoms with Crippen LogP contribution in [-0.2, 0) is 19.4 Å². The summed E-state index contributed by atoms with van der Waals surface area (Å²) in [6.45, 7) is 0. The molecule has 1 aromatic carbocycles. The average Bonchev–Trinajstić information content (AvgIpc) is 2.79. The van der Waals surface area contributed by atoms with Crippen LogP contribution in [0.25, 0.3) is 0 Å². The third-order valence-corrected chi connectivity index (χ3v) is 5.55. The predicted molar refractivity (Wildman–Crippen MR) is 81.9 cm³/mol. The van der Waals surface area contributed by atoms with Gasteiger partial charge in [-0.25, -0.2) is 8.42 Å². The monoisotopic (exact) mass is 344 g/mol. The van der Waals surface area contributed by atoms with E-state index < -0.39 is 21.7 Å². The number of sulfone groups is 1. The van der Waals surface area contributed by atoms with Crippen LogP contribution in [0.2, 0.25) is 5.02 Å². The van der Waals surface area contributed by atoms with Gasteiger partial charge in [0.2, 0.25) is 0 Å². The molecule has 1 unspecified atom stereocenters. The van der Waals surface area contributed by atoms with E-state index in [1.165, 1.54) is 18.2 Å². The fourth-order valence-electron chi connectivity index (χ4n) is 2.84. The Bertz CT molecular complexity index is 711. The summed E-state index contributed by atoms with van der Waals surface area (Å²) in [7, 11) is -3.45. The van der Waals surface area contributed by atoms with E-state index in [-0.39, 0.29) is 21.6 Å². The van der Waals surface area contributed by atoms with Gasteiger partial charge in [-0.2, -0.15) is 0 Å². The Balaban J connectivity index is 2.27. The molecule has 1 fully saturated rings. The van der Waals surface area contributed by atoms with Gasteiger partial charge in [0.1, 0.15) is 5.78 Å². The molecule has 0 aliphatic heterocycles. The topological polar surface area (TPSA) is 88.5 Å². The highest BCUT2D eigenvalue weighted by Crippen LogP contribution is 2.34. The molecular weight excluding hydrogens is 328 g/mol. The Labute approximate surface area is 134 Å². The molecule has 7 heteroatoms. The number of hydrogen-bond donors (Lipinski definition) is 1. The van der Waals surface area contributed by atoms with Gasteiger partial charge < -0.3 is 5.11 Å². The number of carbonyl (C=O) groups excluding carboxylic acids is 1. The number of benzene rings is 1. The molecule has 22 heavy (non-hydrogen) atoms. The van der Waals surface area contributed by atoms with Gasteiger partial charge in [-0.15, -0.1) is 0 Å². The molecule has 0 spiro atoms. The molecule has 0 saturated heterocycles. The second-order valence-electron chi connectivity index (χ2n) is 5.74. The molecule has 120 valence electrons. The van der Waals surface area contributed by atoms with Crippen molar-refractivity contribution in [2.75, 3.05) is 6.26 Å². The van der Waals surface area contributed by atoms with Gasteiger partial charge in [0.25, 0.3) is 0 Å². The minimum atomic E-state index is -3.45. The van der Waals surface area contributed by atoms with Gasteiger partial charge in [0.05, 0.1) is 15.8 Å². The maximum Gasteiger partial charge on any atom is 0.310 e. The van der Waals surface area contributed by atoms with Crippen LogP contribution in [0.4, 0.5) is 0 Å². The van der Waals surface area contributed by atoms with E-state index in [0.717, 1.165) is 6.26 Å². The number of halogens is 1. The lowest BCUT2D eigenvalue weighted by Crippen LogP contribution is -2.15. The zero-order valence-corrected chi connectivity index (χ0v) is 13.7. The largest absolute Gasteiger partial charge is 0.481 e. The summed E-state index contributed by atoms with van der Waals surface area (Å²) in [5.74, 6) is -1.56. The molecule has 5 nitrogen and oxygen atoms in total. The number of carboxylic acids is 1. The molecule has 0 heterocycles. The number of aliphatic carboxylic acids is 1. The van der Waals surface area contributed by atoms with Crippen molar-refractivity contribution >= 4 is 33.2 Å². The quantitative estimate of drug-likeness (QED) is 0.887. The van der Waals surface area contributed by atoms with E-state index in [1.54, 1.807) is 0 Å². The fraction of sp³-hybridized carbons (Fsp3) is 0.467. The van der Waals surface area contributed by atoms with Crippen molar-refractivity contribution in [3.8, 4) is 0 Å². The standard InChI is InChI=1S/C15H17ClO5S/c1-22(20,21)14-5-3-10(8-13(14)16)12(15(18)19)7-9-2-4-11(17)6-9/h3,5,8-9,12H,2,4,6-7H2,1H3,(H,18,19)/t9-,12?/m1/s1. The summed E-state index contributed by atoms with van der Waals surface area (Å²) in [5.41, 5.74) is 0.462. The van der Waals surface area contributed by atoms with Crippen LogP contribution in [0.15, 0.2) is 23.1 Å². The first-order valence-corrected chi connectivity index (χ1v) is 9.19. The second-order valence-corrected chi connectivity index (χ2v) is 8.13. The van der Waals surface area contributed by atoms with Gasteiger partial charge in [-0.05, 0) is 36.5 Å². The summed E-state index contributed by atoms with van der Waals surface area (Å²) in [5, 5.41) is 9.45. The zero-order chi connectivity index (χ0) is 16.5. The average molecular weight is 345 g/mol. The Kier molecular flexibility index (Phi) is 4.92. The highest BCUT2D eigenvalue weighted by Gasteiger charge is 2.30. The maximum absolute atomic E-state index is 11.5. The van der Waals surface area contributed by atoms with E-state index in [0.29, 0.717) is 31.2 Å². The normalized spacial score (nSPS) is 20.1. The number of carbonyl (C=O) groups is 2. The number of hydrogen-bond acceptors (Lipinski definition) is 4. The molecule has 1 N–H and O–H groups in total.